The summed E-state index contributed by atoms with van der Waals surface area (Å²) in [4.78, 5) is 17.1. The maximum absolute atomic E-state index is 11.3. The van der Waals surface area contributed by atoms with Crippen molar-refractivity contribution in [3.05, 3.63) is 65.4 Å². The molecule has 0 amide bonds. The second-order valence-corrected chi connectivity index (χ2v) is 7.77. The van der Waals surface area contributed by atoms with Crippen molar-refractivity contribution in [2.24, 2.45) is 5.92 Å². The van der Waals surface area contributed by atoms with Crippen molar-refractivity contribution in [2.45, 2.75) is 25.7 Å². The number of carboxylic acids is 1. The summed E-state index contributed by atoms with van der Waals surface area (Å²) < 4.78 is 0. The smallest absolute Gasteiger partial charge is 0.306 e. The van der Waals surface area contributed by atoms with Gasteiger partial charge in [-0.15, -0.1) is 0 Å². The van der Waals surface area contributed by atoms with Gasteiger partial charge in [0.2, 0.25) is 0 Å². The predicted octanol–water partition coefficient (Wildman–Crippen LogP) is 4.11. The van der Waals surface area contributed by atoms with Gasteiger partial charge in [0.1, 0.15) is 5.75 Å². The van der Waals surface area contributed by atoms with Crippen molar-refractivity contribution in [1.29, 1.82) is 0 Å². The molecule has 1 unspecified atom stereocenters. The fourth-order valence-electron chi connectivity index (χ4n) is 4.47. The van der Waals surface area contributed by atoms with Crippen LogP contribution >= 0.6 is 0 Å². The summed E-state index contributed by atoms with van der Waals surface area (Å²) in [6, 6.07) is 15.8. The summed E-state index contributed by atoms with van der Waals surface area (Å²) in [5, 5.41) is 20.5. The van der Waals surface area contributed by atoms with E-state index >= 15 is 0 Å². The number of phenols is 1. The lowest BCUT2D eigenvalue weighted by molar-refractivity contribution is -0.143. The number of aromatic hydroxyl groups is 1. The fourth-order valence-corrected chi connectivity index (χ4v) is 4.47. The number of rotatable bonds is 5. The van der Waals surface area contributed by atoms with E-state index in [1.807, 2.05) is 18.2 Å². The average molecular weight is 378 g/mol. The summed E-state index contributed by atoms with van der Waals surface area (Å²) in [5.74, 6) is -0.545. The van der Waals surface area contributed by atoms with E-state index in [4.69, 9.17) is 0 Å². The molecule has 0 radical (unpaired) electrons. The van der Waals surface area contributed by atoms with E-state index in [0.29, 0.717) is 12.8 Å². The lowest BCUT2D eigenvalue weighted by Crippen LogP contribution is -2.38. The van der Waals surface area contributed by atoms with Crippen LogP contribution in [0.3, 0.4) is 0 Å². The molecule has 1 aliphatic rings. The number of aliphatic carboxylic acids is 1. The van der Waals surface area contributed by atoms with Crippen LogP contribution in [0.4, 0.5) is 0 Å². The molecule has 4 rings (SSSR count). The zero-order valence-corrected chi connectivity index (χ0v) is 16.1. The number of piperidine rings is 1. The molecular weight excluding hydrogens is 352 g/mol. The Morgan fingerprint density at radius 3 is 2.64 bits per heavy atom. The van der Waals surface area contributed by atoms with E-state index in [-0.39, 0.29) is 17.6 Å². The maximum atomic E-state index is 11.3. The molecule has 2 aromatic carbocycles. The summed E-state index contributed by atoms with van der Waals surface area (Å²) in [5.41, 5.74) is 4.58. The standard InChI is InChI=1S/C23H26N2O3/c1-15-22(19-7-2-3-8-21(19)24-15)20(17-5-4-6-18(26)13-17)14-25-11-9-16(10-12-25)23(27)28/h2-8,13,16,20,24,26H,9-12,14H2,1H3,(H,27,28). The number of carbonyl (C=O) groups is 1. The Kier molecular flexibility index (Phi) is 5.09. The second-order valence-electron chi connectivity index (χ2n) is 7.77. The molecule has 0 aliphatic carbocycles. The maximum Gasteiger partial charge on any atom is 0.306 e. The molecule has 1 atom stereocenters. The lowest BCUT2D eigenvalue weighted by atomic mass is 9.87. The van der Waals surface area contributed by atoms with Gasteiger partial charge in [0, 0.05) is 29.1 Å². The average Bonchev–Trinajstić information content (AvgIpc) is 3.02. The number of H-pyrrole nitrogens is 1. The van der Waals surface area contributed by atoms with E-state index in [1.54, 1.807) is 6.07 Å². The van der Waals surface area contributed by atoms with Crippen molar-refractivity contribution in [2.75, 3.05) is 19.6 Å². The Labute approximate surface area is 164 Å². The molecule has 1 aromatic heterocycles. The summed E-state index contributed by atoms with van der Waals surface area (Å²) in [7, 11) is 0. The molecule has 28 heavy (non-hydrogen) atoms. The van der Waals surface area contributed by atoms with Crippen LogP contribution < -0.4 is 0 Å². The molecule has 0 bridgehead atoms. The molecule has 0 spiro atoms. The minimum Gasteiger partial charge on any atom is -0.508 e. The zero-order chi connectivity index (χ0) is 19.7. The van der Waals surface area contributed by atoms with Crippen LogP contribution in [0.25, 0.3) is 10.9 Å². The van der Waals surface area contributed by atoms with Gasteiger partial charge in [0.05, 0.1) is 5.92 Å². The van der Waals surface area contributed by atoms with Crippen molar-refractivity contribution < 1.29 is 15.0 Å². The number of fused-ring (bicyclic) bond motifs is 1. The van der Waals surface area contributed by atoms with Crippen molar-refractivity contribution in [3.8, 4) is 5.75 Å². The Morgan fingerprint density at radius 1 is 1.18 bits per heavy atom. The summed E-state index contributed by atoms with van der Waals surface area (Å²) in [6.07, 6.45) is 1.38. The molecule has 2 heterocycles. The van der Waals surface area contributed by atoms with Crippen LogP contribution in [0.15, 0.2) is 48.5 Å². The first-order valence-corrected chi connectivity index (χ1v) is 9.84. The molecule has 3 aromatic rings. The molecule has 5 heteroatoms. The molecular formula is C23H26N2O3. The number of benzene rings is 2. The highest BCUT2D eigenvalue weighted by Gasteiger charge is 2.28. The van der Waals surface area contributed by atoms with Gasteiger partial charge in [-0.2, -0.15) is 0 Å². The first-order chi connectivity index (χ1) is 13.5. The fraction of sp³-hybridized carbons (Fsp3) is 0.348. The van der Waals surface area contributed by atoms with Crippen LogP contribution in [0.1, 0.15) is 35.6 Å². The number of nitrogens with zero attached hydrogens (tertiary/aromatic N) is 1. The first-order valence-electron chi connectivity index (χ1n) is 9.84. The van der Waals surface area contributed by atoms with E-state index in [2.05, 4.69) is 41.1 Å². The van der Waals surface area contributed by atoms with Crippen LogP contribution in [-0.2, 0) is 4.79 Å². The number of hydrogen-bond acceptors (Lipinski definition) is 3. The van der Waals surface area contributed by atoms with Crippen LogP contribution in [-0.4, -0.2) is 45.7 Å². The molecule has 3 N–H and O–H groups in total. The highest BCUT2D eigenvalue weighted by atomic mass is 16.4. The number of likely N-dealkylation sites (tertiary alicyclic amines) is 1. The topological polar surface area (TPSA) is 76.6 Å². The van der Waals surface area contributed by atoms with Crippen molar-refractivity contribution in [3.63, 3.8) is 0 Å². The van der Waals surface area contributed by atoms with E-state index in [0.717, 1.165) is 36.4 Å². The van der Waals surface area contributed by atoms with Gasteiger partial charge in [-0.3, -0.25) is 4.79 Å². The molecule has 0 saturated carbocycles. The Hall–Kier alpha value is -2.79. The largest absolute Gasteiger partial charge is 0.508 e. The van der Waals surface area contributed by atoms with Gasteiger partial charge < -0.3 is 20.1 Å². The van der Waals surface area contributed by atoms with Gasteiger partial charge in [-0.25, -0.2) is 0 Å². The van der Waals surface area contributed by atoms with Gasteiger partial charge in [-0.05, 0) is 62.2 Å². The van der Waals surface area contributed by atoms with Crippen molar-refractivity contribution >= 4 is 16.9 Å². The summed E-state index contributed by atoms with van der Waals surface area (Å²) >= 11 is 0. The minimum absolute atomic E-state index is 0.102. The van der Waals surface area contributed by atoms with Gasteiger partial charge >= 0.3 is 5.97 Å². The van der Waals surface area contributed by atoms with Gasteiger partial charge in [0.15, 0.2) is 0 Å². The number of hydrogen-bond donors (Lipinski definition) is 3. The number of phenolic OH excluding ortho intramolecular Hbond substituents is 1. The molecule has 1 aliphatic heterocycles. The number of aryl methyl sites for hydroxylation is 1. The second kappa shape index (κ2) is 7.68. The monoisotopic (exact) mass is 378 g/mol. The third-order valence-corrected chi connectivity index (χ3v) is 5.94. The quantitative estimate of drug-likeness (QED) is 0.624. The predicted molar refractivity (Wildman–Crippen MR) is 110 cm³/mol. The number of carboxylic acid groups (broad SMARTS) is 1. The lowest BCUT2D eigenvalue weighted by Gasteiger charge is -2.33. The third kappa shape index (κ3) is 3.62. The first kappa shape index (κ1) is 18.6. The Balaban J connectivity index is 1.69. The molecule has 1 fully saturated rings. The molecule has 146 valence electrons. The summed E-state index contributed by atoms with van der Waals surface area (Å²) in [6.45, 7) is 4.47. The van der Waals surface area contributed by atoms with Crippen LogP contribution in [0.5, 0.6) is 5.75 Å². The van der Waals surface area contributed by atoms with E-state index in [9.17, 15) is 15.0 Å². The van der Waals surface area contributed by atoms with Crippen LogP contribution in [0, 0.1) is 12.8 Å². The van der Waals surface area contributed by atoms with Gasteiger partial charge in [-0.1, -0.05) is 30.3 Å². The van der Waals surface area contributed by atoms with Gasteiger partial charge in [0.25, 0.3) is 0 Å². The molecule has 5 nitrogen and oxygen atoms in total. The minimum atomic E-state index is -0.684. The highest BCUT2D eigenvalue weighted by Crippen LogP contribution is 2.36. The SMILES string of the molecule is Cc1[nH]c2ccccc2c1C(CN1CCC(C(=O)O)CC1)c1cccc(O)c1. The Morgan fingerprint density at radius 2 is 1.93 bits per heavy atom. The Bertz CT molecular complexity index is 986. The number of para-hydroxylation sites is 1. The third-order valence-electron chi connectivity index (χ3n) is 5.94. The highest BCUT2D eigenvalue weighted by molar-refractivity contribution is 5.85. The normalized spacial score (nSPS) is 17.0. The zero-order valence-electron chi connectivity index (χ0n) is 16.1. The van der Waals surface area contributed by atoms with E-state index < -0.39 is 5.97 Å². The molecule has 1 saturated heterocycles. The number of aromatic nitrogens is 1. The van der Waals surface area contributed by atoms with Crippen molar-refractivity contribution in [1.82, 2.24) is 9.88 Å². The van der Waals surface area contributed by atoms with Crippen LogP contribution in [0.2, 0.25) is 0 Å². The van der Waals surface area contributed by atoms with E-state index in [1.165, 1.54) is 10.9 Å². The number of aromatic amines is 1. The number of nitrogens with one attached hydrogen (secondary N) is 1.